The van der Waals surface area contributed by atoms with Crippen LogP contribution in [-0.4, -0.2) is 78.8 Å². The number of esters is 3. The lowest BCUT2D eigenvalue weighted by Gasteiger charge is -2.31. The number of ether oxygens (including phenoxy) is 3. The van der Waals surface area contributed by atoms with E-state index in [2.05, 4.69) is 0 Å². The zero-order valence-electron chi connectivity index (χ0n) is 17.8. The second kappa shape index (κ2) is 9.99. The van der Waals surface area contributed by atoms with E-state index in [1.54, 1.807) is 13.0 Å². The van der Waals surface area contributed by atoms with Crippen LogP contribution in [-0.2, 0) is 33.4 Å². The average molecular weight is 423 g/mol. The third-order valence-corrected chi connectivity index (χ3v) is 5.42. The number of nitrogens with zero attached hydrogens (tertiary/aromatic N) is 1. The van der Waals surface area contributed by atoms with Gasteiger partial charge in [-0.3, -0.25) is 9.59 Å². The fourth-order valence-electron chi connectivity index (χ4n) is 3.11. The number of cyclic esters (lactones) is 1. The van der Waals surface area contributed by atoms with Crippen LogP contribution in [0.4, 0.5) is 0 Å². The number of rotatable bonds is 2. The van der Waals surface area contributed by atoms with Crippen molar-refractivity contribution in [3.63, 3.8) is 0 Å². The van der Waals surface area contributed by atoms with E-state index in [1.165, 1.54) is 19.9 Å². The number of fused-ring (bicyclic) bond motifs is 2. The second-order valence-corrected chi connectivity index (χ2v) is 7.90. The van der Waals surface area contributed by atoms with Crippen molar-refractivity contribution in [2.24, 2.45) is 5.92 Å². The summed E-state index contributed by atoms with van der Waals surface area (Å²) in [5, 5.41) is 10.7. The summed E-state index contributed by atoms with van der Waals surface area (Å²) >= 11 is 0. The van der Waals surface area contributed by atoms with Gasteiger partial charge in [0.15, 0.2) is 11.7 Å². The molecular formula is C21H29NO8. The minimum atomic E-state index is -1.90. The van der Waals surface area contributed by atoms with Crippen LogP contribution >= 0.6 is 0 Å². The van der Waals surface area contributed by atoms with Crippen molar-refractivity contribution in [3.05, 3.63) is 23.3 Å². The van der Waals surface area contributed by atoms with Gasteiger partial charge >= 0.3 is 17.9 Å². The van der Waals surface area contributed by atoms with Gasteiger partial charge in [-0.25, -0.2) is 9.59 Å². The van der Waals surface area contributed by atoms with E-state index < -0.39 is 41.3 Å². The van der Waals surface area contributed by atoms with Crippen LogP contribution < -0.4 is 0 Å². The summed E-state index contributed by atoms with van der Waals surface area (Å²) in [4.78, 5) is 51.3. The van der Waals surface area contributed by atoms with Crippen molar-refractivity contribution < 1.29 is 38.5 Å². The Morgan fingerprint density at radius 2 is 2.10 bits per heavy atom. The molecular weight excluding hydrogens is 394 g/mol. The molecule has 30 heavy (non-hydrogen) atoms. The number of hydrogen-bond donors (Lipinski definition) is 1. The van der Waals surface area contributed by atoms with Gasteiger partial charge in [-0.1, -0.05) is 13.0 Å². The second-order valence-electron chi connectivity index (χ2n) is 7.90. The Kier molecular flexibility index (Phi) is 7.91. The number of carbonyl (C=O) groups excluding carboxylic acids is 4. The van der Waals surface area contributed by atoms with Gasteiger partial charge in [0.1, 0.15) is 13.2 Å². The number of Topliss-reactive ketones (excluding diaryl/α,β-unsaturated/α-hetero) is 1. The number of carbonyl (C=O) groups is 4. The standard InChI is InChI=1S/C21H29NO8/c1-13-11-15(7-10-28-14(2)23)19(25)30-17-6-9-22(4)8-5-16(18(17)24)12-29-20(26)21(13,3)27/h5,7,13,17,27H,6,8-12H2,1-4H3/b15-7?,16-5-/t13-,17-,21-/m1/s1. The number of hydrogen-bond acceptors (Lipinski definition) is 9. The maximum absolute atomic E-state index is 12.9. The normalized spacial score (nSPS) is 32.5. The van der Waals surface area contributed by atoms with Crippen LogP contribution in [0, 0.1) is 5.92 Å². The van der Waals surface area contributed by atoms with E-state index in [0.29, 0.717) is 13.1 Å². The highest BCUT2D eigenvalue weighted by Crippen LogP contribution is 2.28. The molecule has 1 fully saturated rings. The zero-order chi connectivity index (χ0) is 22.5. The molecule has 0 aliphatic carbocycles. The molecule has 0 aromatic rings. The minimum Gasteiger partial charge on any atom is -0.462 e. The summed E-state index contributed by atoms with van der Waals surface area (Å²) in [6.45, 7) is 4.65. The lowest BCUT2D eigenvalue weighted by Crippen LogP contribution is -2.45. The molecule has 0 amide bonds. The number of likely N-dealkylation sites (N-methyl/N-ethyl adjacent to an activating group) is 1. The molecule has 1 saturated heterocycles. The summed E-state index contributed by atoms with van der Waals surface area (Å²) in [5.41, 5.74) is -1.59. The van der Waals surface area contributed by atoms with Gasteiger partial charge in [0.2, 0.25) is 5.78 Å². The highest BCUT2D eigenvalue weighted by molar-refractivity contribution is 6.01. The van der Waals surface area contributed by atoms with Crippen molar-refractivity contribution in [1.82, 2.24) is 4.90 Å². The largest absolute Gasteiger partial charge is 0.462 e. The fourth-order valence-corrected chi connectivity index (χ4v) is 3.11. The Balaban J connectivity index is 2.42. The number of aliphatic hydroxyl groups is 1. The molecule has 2 aliphatic rings. The summed E-state index contributed by atoms with van der Waals surface area (Å²) in [5.74, 6) is -3.30. The van der Waals surface area contributed by atoms with Gasteiger partial charge in [0.25, 0.3) is 0 Å². The van der Waals surface area contributed by atoms with E-state index in [1.807, 2.05) is 11.9 Å². The maximum atomic E-state index is 12.9. The third-order valence-electron chi connectivity index (χ3n) is 5.42. The van der Waals surface area contributed by atoms with Gasteiger partial charge in [0.05, 0.1) is 0 Å². The van der Waals surface area contributed by atoms with Gasteiger partial charge in [-0.15, -0.1) is 0 Å². The molecule has 166 valence electrons. The van der Waals surface area contributed by atoms with Crippen LogP contribution in [0.15, 0.2) is 23.3 Å². The van der Waals surface area contributed by atoms with E-state index in [-0.39, 0.29) is 37.2 Å². The summed E-state index contributed by atoms with van der Waals surface area (Å²) in [7, 11) is 1.86. The van der Waals surface area contributed by atoms with Crippen LogP contribution in [0.2, 0.25) is 0 Å². The van der Waals surface area contributed by atoms with Crippen LogP contribution in [0.1, 0.15) is 33.6 Å². The highest BCUT2D eigenvalue weighted by Gasteiger charge is 2.41. The molecule has 2 aliphatic heterocycles. The molecule has 9 heteroatoms. The quantitative estimate of drug-likeness (QED) is 0.386. The Labute approximate surface area is 175 Å². The van der Waals surface area contributed by atoms with Crippen molar-refractivity contribution in [2.45, 2.75) is 45.3 Å². The highest BCUT2D eigenvalue weighted by atomic mass is 16.6. The molecule has 2 rings (SSSR count). The smallest absolute Gasteiger partial charge is 0.338 e. The van der Waals surface area contributed by atoms with Crippen LogP contribution in [0.3, 0.4) is 0 Å². The predicted octanol–water partition coefficient (Wildman–Crippen LogP) is 0.553. The number of ketones is 1. The van der Waals surface area contributed by atoms with Crippen molar-refractivity contribution >= 4 is 23.7 Å². The summed E-state index contributed by atoms with van der Waals surface area (Å²) in [6.07, 6.45) is 2.22. The van der Waals surface area contributed by atoms with E-state index in [4.69, 9.17) is 14.2 Å². The fraction of sp³-hybridized carbons (Fsp3) is 0.619. The monoisotopic (exact) mass is 423 g/mol. The van der Waals surface area contributed by atoms with E-state index >= 15 is 0 Å². The SMILES string of the molecule is CC(=O)OCC=C1C[C@@H](C)[C@@](C)(O)C(=O)OC/C2=C/CN(C)CC[C@@H](OC1=O)C2=O. The van der Waals surface area contributed by atoms with Gasteiger partial charge in [0, 0.05) is 37.6 Å². The van der Waals surface area contributed by atoms with E-state index in [9.17, 15) is 24.3 Å². The van der Waals surface area contributed by atoms with Gasteiger partial charge in [-0.2, -0.15) is 0 Å². The molecule has 2 bridgehead atoms. The first-order valence-corrected chi connectivity index (χ1v) is 9.87. The van der Waals surface area contributed by atoms with Crippen molar-refractivity contribution in [2.75, 3.05) is 33.4 Å². The van der Waals surface area contributed by atoms with Crippen molar-refractivity contribution in [3.8, 4) is 0 Å². The summed E-state index contributed by atoms with van der Waals surface area (Å²) in [6, 6.07) is 0. The molecule has 0 saturated carbocycles. The molecule has 3 atom stereocenters. The average Bonchev–Trinajstić information content (AvgIpc) is 2.67. The lowest BCUT2D eigenvalue weighted by molar-refractivity contribution is -0.169. The maximum Gasteiger partial charge on any atom is 0.338 e. The molecule has 1 N–H and O–H groups in total. The Morgan fingerprint density at radius 3 is 2.77 bits per heavy atom. The first-order chi connectivity index (χ1) is 14.0. The molecule has 9 nitrogen and oxygen atoms in total. The van der Waals surface area contributed by atoms with Gasteiger partial charge in [-0.05, 0) is 32.4 Å². The van der Waals surface area contributed by atoms with E-state index in [0.717, 1.165) is 0 Å². The third kappa shape index (κ3) is 5.99. The minimum absolute atomic E-state index is 0.0360. The Hall–Kier alpha value is -2.52. The zero-order valence-corrected chi connectivity index (χ0v) is 17.8. The van der Waals surface area contributed by atoms with Gasteiger partial charge < -0.3 is 24.2 Å². The Morgan fingerprint density at radius 1 is 1.40 bits per heavy atom. The molecule has 0 unspecified atom stereocenters. The molecule has 0 aromatic carbocycles. The molecule has 0 radical (unpaired) electrons. The molecule has 0 spiro atoms. The molecule has 0 aromatic heterocycles. The predicted molar refractivity (Wildman–Crippen MR) is 105 cm³/mol. The topological polar surface area (TPSA) is 119 Å². The lowest BCUT2D eigenvalue weighted by atomic mass is 9.85. The van der Waals surface area contributed by atoms with Crippen LogP contribution in [0.5, 0.6) is 0 Å². The first kappa shape index (κ1) is 23.8. The summed E-state index contributed by atoms with van der Waals surface area (Å²) < 4.78 is 15.6. The first-order valence-electron chi connectivity index (χ1n) is 9.87. The van der Waals surface area contributed by atoms with Crippen LogP contribution in [0.25, 0.3) is 0 Å². The van der Waals surface area contributed by atoms with Crippen molar-refractivity contribution in [1.29, 1.82) is 0 Å². The Bertz CT molecular complexity index is 767. The molecule has 2 heterocycles.